The minimum Gasteiger partial charge on any atom is -0.696 e. The SMILES string of the molecule is C[NH-].[NH-]c1c(/C=C\c2ccc3cc(Cl)c4c(c3n2)N=CCC=C4)ccc2cccnc12.[NH2-].[Ru+3]. The normalized spacial score (nSPS) is 11.8. The number of hydrogen-bond acceptors (Lipinski definition) is 3. The van der Waals surface area contributed by atoms with Gasteiger partial charge in [0.25, 0.3) is 0 Å². The summed E-state index contributed by atoms with van der Waals surface area (Å²) >= 11 is 6.45. The van der Waals surface area contributed by atoms with Crippen molar-refractivity contribution in [3.05, 3.63) is 94.2 Å². The fourth-order valence-electron chi connectivity index (χ4n) is 3.49. The van der Waals surface area contributed by atoms with Crippen LogP contribution in [-0.4, -0.2) is 23.2 Å². The average molecular weight is 543 g/mol. The van der Waals surface area contributed by atoms with Crippen molar-refractivity contribution in [3.63, 3.8) is 0 Å². The van der Waals surface area contributed by atoms with Gasteiger partial charge < -0.3 is 17.6 Å². The standard InChI is InChI=1S/C24H16ClN4.CH4N.H2N.Ru/c25-20-14-17-9-11-18(29-23(17)24-19(20)5-1-2-12-28-24)10-8-15-6-7-16-4-3-13-27-22(16)21(15)26;1-2;;/h1,3-14,26H,2H2;2H,1H3;1H2;/q3*-1;+3/b10-8-;;;. The van der Waals surface area contributed by atoms with Crippen LogP contribution in [0.15, 0.2) is 59.7 Å². The fourth-order valence-corrected chi connectivity index (χ4v) is 3.76. The summed E-state index contributed by atoms with van der Waals surface area (Å²) in [6.45, 7) is 0. The summed E-state index contributed by atoms with van der Waals surface area (Å²) in [6, 6.07) is 13.6. The molecular formula is C25H22ClN6Ru. The number of benzene rings is 2. The maximum Gasteiger partial charge on any atom is 3.00 e. The zero-order valence-electron chi connectivity index (χ0n) is 17.9. The topological polar surface area (TPSA) is 119 Å². The number of nitrogens with two attached hydrogens (primary N) is 1. The molecule has 0 aliphatic carbocycles. The molecule has 4 aromatic rings. The van der Waals surface area contributed by atoms with E-state index < -0.39 is 0 Å². The molecule has 167 valence electrons. The number of hydrogen-bond donors (Lipinski definition) is 0. The first-order valence-electron chi connectivity index (χ1n) is 9.80. The van der Waals surface area contributed by atoms with E-state index in [4.69, 9.17) is 28.1 Å². The zero-order chi connectivity index (χ0) is 21.8. The van der Waals surface area contributed by atoms with Crippen molar-refractivity contribution >= 4 is 69.2 Å². The first-order valence-corrected chi connectivity index (χ1v) is 10.2. The van der Waals surface area contributed by atoms with Gasteiger partial charge in [0.05, 0.1) is 27.4 Å². The number of pyridine rings is 2. The maximum absolute atomic E-state index is 8.43. The van der Waals surface area contributed by atoms with Crippen molar-refractivity contribution in [2.45, 2.75) is 6.42 Å². The van der Waals surface area contributed by atoms with E-state index in [9.17, 15) is 0 Å². The molecule has 0 bridgehead atoms. The molecule has 0 unspecified atom stereocenters. The Morgan fingerprint density at radius 1 is 1.00 bits per heavy atom. The van der Waals surface area contributed by atoms with E-state index in [1.165, 1.54) is 7.05 Å². The van der Waals surface area contributed by atoms with E-state index in [0.29, 0.717) is 16.2 Å². The molecule has 2 aromatic heterocycles. The quantitative estimate of drug-likeness (QED) is 0.235. The Labute approximate surface area is 210 Å². The van der Waals surface area contributed by atoms with E-state index in [2.05, 4.69) is 9.98 Å². The number of fused-ring (bicyclic) bond motifs is 4. The fraction of sp³-hybridized carbons (Fsp3) is 0.0800. The molecule has 0 amide bonds. The van der Waals surface area contributed by atoms with Crippen LogP contribution in [0.25, 0.3) is 57.7 Å². The van der Waals surface area contributed by atoms with Crippen molar-refractivity contribution in [3.8, 4) is 0 Å². The molecule has 33 heavy (non-hydrogen) atoms. The van der Waals surface area contributed by atoms with Crippen molar-refractivity contribution in [1.29, 1.82) is 0 Å². The van der Waals surface area contributed by atoms with Gasteiger partial charge in [0.2, 0.25) is 0 Å². The van der Waals surface area contributed by atoms with Gasteiger partial charge in [-0.25, -0.2) is 4.98 Å². The Kier molecular flexibility index (Phi) is 9.38. The molecule has 1 aliphatic heterocycles. The Balaban J connectivity index is 0.000000939. The molecule has 3 heterocycles. The Morgan fingerprint density at radius 3 is 2.61 bits per heavy atom. The summed E-state index contributed by atoms with van der Waals surface area (Å²) in [5, 5.41) is 2.59. The van der Waals surface area contributed by atoms with Gasteiger partial charge in [0.1, 0.15) is 0 Å². The first-order chi connectivity index (χ1) is 15.2. The monoisotopic (exact) mass is 543 g/mol. The van der Waals surface area contributed by atoms with Crippen LogP contribution in [0.3, 0.4) is 0 Å². The third-order valence-electron chi connectivity index (χ3n) is 4.95. The van der Waals surface area contributed by atoms with Gasteiger partial charge in [0.15, 0.2) is 0 Å². The number of halogens is 1. The summed E-state index contributed by atoms with van der Waals surface area (Å²) < 4.78 is 0. The molecule has 0 atom stereocenters. The minimum atomic E-state index is 0. The van der Waals surface area contributed by atoms with Crippen molar-refractivity contribution in [2.24, 2.45) is 4.99 Å². The summed E-state index contributed by atoms with van der Waals surface area (Å²) in [5.74, 6) is 0. The van der Waals surface area contributed by atoms with Crippen LogP contribution in [0.2, 0.25) is 5.02 Å². The van der Waals surface area contributed by atoms with Crippen molar-refractivity contribution < 1.29 is 19.5 Å². The van der Waals surface area contributed by atoms with E-state index in [0.717, 1.165) is 45.2 Å². The van der Waals surface area contributed by atoms with Gasteiger partial charge in [0, 0.05) is 29.8 Å². The molecule has 4 N–H and O–H groups in total. The van der Waals surface area contributed by atoms with Gasteiger partial charge in [-0.15, -0.1) is 5.69 Å². The van der Waals surface area contributed by atoms with Gasteiger partial charge in [-0.3, -0.25) is 9.98 Å². The molecule has 6 nitrogen and oxygen atoms in total. The van der Waals surface area contributed by atoms with Crippen LogP contribution in [-0.2, 0) is 19.5 Å². The van der Waals surface area contributed by atoms with Crippen LogP contribution < -0.4 is 0 Å². The molecule has 0 saturated carbocycles. The Hall–Kier alpha value is -2.96. The summed E-state index contributed by atoms with van der Waals surface area (Å²) in [5.41, 5.74) is 19.4. The van der Waals surface area contributed by atoms with E-state index in [1.807, 2.05) is 73.0 Å². The molecule has 0 fully saturated rings. The van der Waals surface area contributed by atoms with E-state index >= 15 is 0 Å². The van der Waals surface area contributed by atoms with Crippen LogP contribution >= 0.6 is 11.6 Å². The number of aromatic nitrogens is 2. The molecular weight excluding hydrogens is 521 g/mol. The van der Waals surface area contributed by atoms with Crippen LogP contribution in [0, 0.1) is 0 Å². The first kappa shape index (κ1) is 26.3. The van der Waals surface area contributed by atoms with Crippen LogP contribution in [0.5, 0.6) is 0 Å². The Morgan fingerprint density at radius 2 is 1.79 bits per heavy atom. The summed E-state index contributed by atoms with van der Waals surface area (Å²) in [7, 11) is 1.25. The molecule has 2 aromatic carbocycles. The summed E-state index contributed by atoms with van der Waals surface area (Å²) in [6.07, 6.45) is 12.2. The van der Waals surface area contributed by atoms with Gasteiger partial charge in [-0.1, -0.05) is 54.1 Å². The van der Waals surface area contributed by atoms with E-state index in [-0.39, 0.29) is 25.6 Å². The third kappa shape index (κ3) is 5.34. The average Bonchev–Trinajstić information content (AvgIpc) is 3.07. The van der Waals surface area contributed by atoms with Gasteiger partial charge in [-0.05, 0) is 35.2 Å². The maximum atomic E-state index is 8.43. The number of nitrogens with one attached hydrogen (secondary N) is 2. The second-order valence-corrected chi connectivity index (χ2v) is 7.22. The number of nitrogens with zero attached hydrogens (tertiary/aromatic N) is 3. The molecule has 1 aliphatic rings. The third-order valence-corrected chi connectivity index (χ3v) is 5.27. The van der Waals surface area contributed by atoms with E-state index in [1.54, 1.807) is 6.20 Å². The zero-order valence-corrected chi connectivity index (χ0v) is 20.4. The van der Waals surface area contributed by atoms with Gasteiger partial charge >= 0.3 is 19.5 Å². The van der Waals surface area contributed by atoms with Gasteiger partial charge in [-0.2, -0.15) is 7.05 Å². The number of rotatable bonds is 2. The largest absolute Gasteiger partial charge is 3.00 e. The molecule has 5 rings (SSSR count). The summed E-state index contributed by atoms with van der Waals surface area (Å²) in [4.78, 5) is 13.7. The predicted molar refractivity (Wildman–Crippen MR) is 139 cm³/mol. The Bertz CT molecular complexity index is 1360. The predicted octanol–water partition coefficient (Wildman–Crippen LogP) is 8.79. The molecule has 1 radical (unpaired) electrons. The molecule has 8 heteroatoms. The van der Waals surface area contributed by atoms with Crippen LogP contribution in [0.4, 0.5) is 11.4 Å². The molecule has 0 saturated heterocycles. The number of allylic oxidation sites excluding steroid dienone is 1. The van der Waals surface area contributed by atoms with Crippen molar-refractivity contribution in [2.75, 3.05) is 7.05 Å². The molecule has 0 spiro atoms. The van der Waals surface area contributed by atoms with Crippen LogP contribution in [0.1, 0.15) is 23.2 Å². The minimum absolute atomic E-state index is 0. The second kappa shape index (κ2) is 11.8. The smallest absolute Gasteiger partial charge is 0.696 e. The number of aliphatic imine (C=N–C) groups is 1. The van der Waals surface area contributed by atoms with Crippen molar-refractivity contribution in [1.82, 2.24) is 9.97 Å². The second-order valence-electron chi connectivity index (χ2n) is 6.82.